The molecule has 0 fully saturated rings. The zero-order valence-electron chi connectivity index (χ0n) is 9.83. The normalized spacial score (nSPS) is 13.8. The third kappa shape index (κ3) is 2.25. The van der Waals surface area contributed by atoms with E-state index in [1.807, 2.05) is 0 Å². The van der Waals surface area contributed by atoms with Crippen LogP contribution in [0.25, 0.3) is 6.20 Å². The molecule has 0 saturated heterocycles. The van der Waals surface area contributed by atoms with E-state index in [4.69, 9.17) is 0 Å². The first-order valence-corrected chi connectivity index (χ1v) is 5.48. The number of nitrogens with one attached hydrogen (secondary N) is 1. The molecule has 102 valence electrons. The molecule has 0 bridgehead atoms. The average Bonchev–Trinajstić information content (AvgIpc) is 2.46. The Hall–Kier alpha value is -2.71. The summed E-state index contributed by atoms with van der Waals surface area (Å²) < 4.78 is 37.8. The molecule has 20 heavy (non-hydrogen) atoms. The van der Waals surface area contributed by atoms with Gasteiger partial charge in [0, 0.05) is 11.4 Å². The van der Waals surface area contributed by atoms with Gasteiger partial charge in [0.25, 0.3) is 0 Å². The summed E-state index contributed by atoms with van der Waals surface area (Å²) in [5.74, 6) is 0.425. The molecule has 0 aliphatic carbocycles. The first-order chi connectivity index (χ1) is 9.54. The van der Waals surface area contributed by atoms with Crippen LogP contribution in [0.4, 0.5) is 19.0 Å². The van der Waals surface area contributed by atoms with Crippen molar-refractivity contribution in [1.29, 1.82) is 0 Å². The van der Waals surface area contributed by atoms with Crippen LogP contribution in [0.1, 0.15) is 5.56 Å². The molecular weight excluding hydrogens is 273 g/mol. The fourth-order valence-electron chi connectivity index (χ4n) is 1.68. The zero-order chi connectivity index (χ0) is 14.2. The molecule has 1 aliphatic rings. The lowest BCUT2D eigenvalue weighted by Crippen LogP contribution is -2.43. The van der Waals surface area contributed by atoms with Crippen molar-refractivity contribution in [2.24, 2.45) is 5.10 Å². The average molecular weight is 280 g/mol. The summed E-state index contributed by atoms with van der Waals surface area (Å²) in [6, 6.07) is 3.34. The summed E-state index contributed by atoms with van der Waals surface area (Å²) in [4.78, 5) is 3.95. The van der Waals surface area contributed by atoms with Crippen LogP contribution < -0.4 is 21.1 Å². The summed E-state index contributed by atoms with van der Waals surface area (Å²) in [6.07, 6.45) is -0.161. The van der Waals surface area contributed by atoms with Gasteiger partial charge in [0.15, 0.2) is 5.82 Å². The van der Waals surface area contributed by atoms with E-state index in [1.165, 1.54) is 23.6 Å². The van der Waals surface area contributed by atoms with Gasteiger partial charge in [-0.2, -0.15) is 23.4 Å². The second-order valence-electron chi connectivity index (χ2n) is 3.95. The lowest BCUT2D eigenvalue weighted by Gasteiger charge is -2.19. The van der Waals surface area contributed by atoms with Crippen LogP contribution in [0, 0.1) is 0 Å². The second kappa shape index (κ2) is 4.44. The van der Waals surface area contributed by atoms with Gasteiger partial charge in [0.2, 0.25) is 0 Å². The Bertz CT molecular complexity index is 743. The van der Waals surface area contributed by atoms with Crippen molar-refractivity contribution in [3.8, 4) is 0 Å². The summed E-state index contributed by atoms with van der Waals surface area (Å²) in [5.41, 5.74) is 1.83. The smallest absolute Gasteiger partial charge is 0.227 e. The molecule has 0 atom stereocenters. The van der Waals surface area contributed by atoms with Gasteiger partial charge in [0.1, 0.15) is 6.33 Å². The Morgan fingerprint density at radius 3 is 2.70 bits per heavy atom. The number of anilines is 1. The largest absolute Gasteiger partial charge is 0.416 e. The molecule has 1 aliphatic heterocycles. The SMILES string of the molecule is FC(F)(F)c1ccc2c(c1)=NNN(c1cnncn1)C=2. The molecule has 6 nitrogen and oxygen atoms in total. The number of alkyl halides is 3. The fraction of sp³-hybridized carbons (Fsp3) is 0.0909. The molecule has 2 heterocycles. The minimum absolute atomic E-state index is 0.207. The van der Waals surface area contributed by atoms with Gasteiger partial charge < -0.3 is 0 Å². The second-order valence-corrected chi connectivity index (χ2v) is 3.95. The van der Waals surface area contributed by atoms with Crippen LogP contribution in [-0.2, 0) is 6.18 Å². The maximum Gasteiger partial charge on any atom is 0.416 e. The molecule has 9 heteroatoms. The minimum Gasteiger partial charge on any atom is -0.227 e. The van der Waals surface area contributed by atoms with E-state index >= 15 is 0 Å². The Kier molecular flexibility index (Phi) is 2.74. The number of fused-ring (bicyclic) bond motifs is 1. The number of benzene rings is 1. The summed E-state index contributed by atoms with van der Waals surface area (Å²) >= 11 is 0. The van der Waals surface area contributed by atoms with Crippen molar-refractivity contribution in [1.82, 2.24) is 20.7 Å². The number of hydrazine groups is 1. The van der Waals surface area contributed by atoms with Gasteiger partial charge in [-0.3, -0.25) is 0 Å². The lowest BCUT2D eigenvalue weighted by atomic mass is 10.2. The zero-order valence-corrected chi connectivity index (χ0v) is 9.83. The number of nitrogens with zero attached hydrogens (tertiary/aromatic N) is 5. The van der Waals surface area contributed by atoms with E-state index in [0.29, 0.717) is 11.0 Å². The minimum atomic E-state index is -4.39. The van der Waals surface area contributed by atoms with Crippen molar-refractivity contribution in [2.75, 3.05) is 5.01 Å². The van der Waals surface area contributed by atoms with E-state index in [1.54, 1.807) is 6.20 Å². The molecule has 0 radical (unpaired) electrons. The van der Waals surface area contributed by atoms with Crippen LogP contribution in [-0.4, -0.2) is 15.2 Å². The molecule has 1 N–H and O–H groups in total. The highest BCUT2D eigenvalue weighted by molar-refractivity contribution is 5.51. The van der Waals surface area contributed by atoms with E-state index in [2.05, 4.69) is 25.8 Å². The van der Waals surface area contributed by atoms with Gasteiger partial charge in [-0.15, -0.1) is 5.10 Å². The quantitative estimate of drug-likeness (QED) is 0.807. The monoisotopic (exact) mass is 280 g/mol. The van der Waals surface area contributed by atoms with Crippen LogP contribution in [0.3, 0.4) is 0 Å². The Labute approximate surface area is 110 Å². The number of halogens is 3. The van der Waals surface area contributed by atoms with Crippen molar-refractivity contribution in [3.63, 3.8) is 0 Å². The van der Waals surface area contributed by atoms with E-state index < -0.39 is 11.7 Å². The standard InChI is InChI=1S/C11H7F3N6/c12-11(13,14)8-2-1-7-5-20(19-18-9(7)3-8)10-4-16-17-6-15-10/h1-6,19H. The maximum absolute atomic E-state index is 12.6. The third-order valence-corrected chi connectivity index (χ3v) is 2.63. The van der Waals surface area contributed by atoms with Crippen LogP contribution in [0.2, 0.25) is 0 Å². The highest BCUT2D eigenvalue weighted by Gasteiger charge is 2.30. The van der Waals surface area contributed by atoms with Crippen molar-refractivity contribution in [3.05, 3.63) is 46.9 Å². The molecule has 0 amide bonds. The van der Waals surface area contributed by atoms with E-state index in [0.717, 1.165) is 12.1 Å². The first-order valence-electron chi connectivity index (χ1n) is 5.48. The fourth-order valence-corrected chi connectivity index (χ4v) is 1.68. The first kappa shape index (κ1) is 12.3. The third-order valence-electron chi connectivity index (χ3n) is 2.63. The van der Waals surface area contributed by atoms with Crippen LogP contribution in [0.5, 0.6) is 0 Å². The van der Waals surface area contributed by atoms with Gasteiger partial charge in [0.05, 0.1) is 17.1 Å². The number of rotatable bonds is 1. The Balaban J connectivity index is 2.03. The van der Waals surface area contributed by atoms with Gasteiger partial charge in [-0.1, -0.05) is 6.07 Å². The van der Waals surface area contributed by atoms with Gasteiger partial charge >= 0.3 is 6.18 Å². The number of hydrogen-bond acceptors (Lipinski definition) is 6. The topological polar surface area (TPSA) is 66.3 Å². The summed E-state index contributed by atoms with van der Waals surface area (Å²) in [7, 11) is 0. The Morgan fingerprint density at radius 2 is 2.00 bits per heavy atom. The van der Waals surface area contributed by atoms with Crippen LogP contribution >= 0.6 is 0 Å². The molecule has 2 aromatic rings. The lowest BCUT2D eigenvalue weighted by molar-refractivity contribution is -0.137. The molecule has 3 rings (SSSR count). The summed E-state index contributed by atoms with van der Waals surface area (Å²) in [6.45, 7) is 0. The maximum atomic E-state index is 12.6. The highest BCUT2D eigenvalue weighted by Crippen LogP contribution is 2.27. The molecule has 1 aromatic carbocycles. The molecule has 0 saturated carbocycles. The van der Waals surface area contributed by atoms with E-state index in [-0.39, 0.29) is 5.36 Å². The van der Waals surface area contributed by atoms with Gasteiger partial charge in [-0.05, 0) is 12.1 Å². The molecule has 1 aromatic heterocycles. The van der Waals surface area contributed by atoms with Gasteiger partial charge in [-0.25, -0.2) is 15.5 Å². The number of hydrogen-bond donors (Lipinski definition) is 1. The van der Waals surface area contributed by atoms with Crippen molar-refractivity contribution in [2.45, 2.75) is 6.18 Å². The molecule has 0 spiro atoms. The van der Waals surface area contributed by atoms with Crippen LogP contribution in [0.15, 0.2) is 35.8 Å². The highest BCUT2D eigenvalue weighted by atomic mass is 19.4. The predicted octanol–water partition coefficient (Wildman–Crippen LogP) is 0.188. The van der Waals surface area contributed by atoms with Crippen molar-refractivity contribution >= 4 is 12.0 Å². The molecule has 0 unspecified atom stereocenters. The predicted molar refractivity (Wildman–Crippen MR) is 62.1 cm³/mol. The van der Waals surface area contributed by atoms with Crippen molar-refractivity contribution < 1.29 is 13.2 Å². The number of aromatic nitrogens is 3. The molecular formula is C11H7F3N6. The van der Waals surface area contributed by atoms with E-state index in [9.17, 15) is 13.2 Å². The Morgan fingerprint density at radius 1 is 1.15 bits per heavy atom. The summed E-state index contributed by atoms with van der Waals surface area (Å²) in [5, 5.41) is 13.3.